The molecule has 0 aliphatic rings. The van der Waals surface area contributed by atoms with Crippen molar-refractivity contribution in [2.24, 2.45) is 7.05 Å². The van der Waals surface area contributed by atoms with Gasteiger partial charge in [-0.25, -0.2) is 4.39 Å². The largest absolute Gasteiger partial charge is 0.497 e. The third-order valence-electron chi connectivity index (χ3n) is 4.22. The van der Waals surface area contributed by atoms with Crippen molar-refractivity contribution < 1.29 is 19.0 Å². The van der Waals surface area contributed by atoms with Crippen molar-refractivity contribution in [2.75, 3.05) is 14.2 Å². The van der Waals surface area contributed by atoms with Crippen LogP contribution in [0.5, 0.6) is 11.6 Å². The number of methoxy groups -OCH3 is 2. The highest BCUT2D eigenvalue weighted by Gasteiger charge is 2.29. The fourth-order valence-corrected chi connectivity index (χ4v) is 3.47. The van der Waals surface area contributed by atoms with E-state index in [1.165, 1.54) is 31.0 Å². The van der Waals surface area contributed by atoms with E-state index in [0.29, 0.717) is 22.0 Å². The van der Waals surface area contributed by atoms with E-state index < -0.39 is 11.9 Å². The number of ether oxygens (including phenoxy) is 2. The van der Waals surface area contributed by atoms with Crippen LogP contribution in [0.4, 0.5) is 4.39 Å². The van der Waals surface area contributed by atoms with Crippen LogP contribution in [0.2, 0.25) is 10.0 Å². The van der Waals surface area contributed by atoms with Crippen molar-refractivity contribution in [3.63, 3.8) is 0 Å². The van der Waals surface area contributed by atoms with Gasteiger partial charge in [-0.15, -0.1) is 5.10 Å². The summed E-state index contributed by atoms with van der Waals surface area (Å²) < 4.78 is 26.4. The highest BCUT2D eigenvalue weighted by Crippen LogP contribution is 2.43. The average Bonchev–Trinajstić information content (AvgIpc) is 2.97. The molecule has 0 aliphatic heterocycles. The fraction of sp³-hybridized carbons (Fsp3) is 0.211. The van der Waals surface area contributed by atoms with E-state index in [1.807, 2.05) is 0 Å². The van der Waals surface area contributed by atoms with Crippen molar-refractivity contribution in [3.8, 4) is 22.9 Å². The van der Waals surface area contributed by atoms with Crippen molar-refractivity contribution in [1.29, 1.82) is 0 Å². The Morgan fingerprint density at radius 1 is 1.11 bits per heavy atom. The predicted molar refractivity (Wildman–Crippen MR) is 102 cm³/mol. The zero-order valence-corrected chi connectivity index (χ0v) is 16.3. The second-order valence-electron chi connectivity index (χ2n) is 5.78. The summed E-state index contributed by atoms with van der Waals surface area (Å²) in [6, 6.07) is 9.24. The number of aliphatic hydroxyl groups excluding tert-OH is 1. The van der Waals surface area contributed by atoms with Gasteiger partial charge in [0, 0.05) is 12.6 Å². The molecule has 3 rings (SSSR count). The van der Waals surface area contributed by atoms with Crippen LogP contribution in [0.15, 0.2) is 36.4 Å². The van der Waals surface area contributed by atoms with Crippen LogP contribution in [-0.2, 0) is 7.05 Å². The molecule has 5 nitrogen and oxygen atoms in total. The molecule has 0 amide bonds. The van der Waals surface area contributed by atoms with E-state index in [0.717, 1.165) is 0 Å². The molecule has 2 aromatic carbocycles. The third-order valence-corrected chi connectivity index (χ3v) is 4.86. The number of rotatable bonds is 5. The average molecular weight is 411 g/mol. The number of aryl methyl sites for hydroxylation is 1. The first-order valence-electron chi connectivity index (χ1n) is 7.95. The summed E-state index contributed by atoms with van der Waals surface area (Å²) in [4.78, 5) is 0. The Morgan fingerprint density at radius 2 is 1.85 bits per heavy atom. The number of benzene rings is 2. The monoisotopic (exact) mass is 410 g/mol. The van der Waals surface area contributed by atoms with E-state index in [4.69, 9.17) is 32.7 Å². The number of aromatic nitrogens is 2. The van der Waals surface area contributed by atoms with Crippen molar-refractivity contribution >= 4 is 23.2 Å². The van der Waals surface area contributed by atoms with Gasteiger partial charge in [0.2, 0.25) is 5.88 Å². The molecule has 1 heterocycles. The predicted octanol–water partition coefficient (Wildman–Crippen LogP) is 4.63. The highest BCUT2D eigenvalue weighted by molar-refractivity contribution is 6.33. The van der Waals surface area contributed by atoms with Crippen LogP contribution in [0.1, 0.15) is 17.2 Å². The lowest BCUT2D eigenvalue weighted by atomic mass is 9.97. The van der Waals surface area contributed by atoms with Crippen molar-refractivity contribution in [3.05, 3.63) is 63.4 Å². The minimum atomic E-state index is -1.22. The molecule has 1 aromatic heterocycles. The molecule has 0 radical (unpaired) electrons. The quantitative estimate of drug-likeness (QED) is 0.665. The van der Waals surface area contributed by atoms with Crippen LogP contribution < -0.4 is 9.47 Å². The number of halogens is 3. The van der Waals surface area contributed by atoms with Crippen LogP contribution in [0.3, 0.4) is 0 Å². The Hall–Kier alpha value is -2.28. The molecule has 1 unspecified atom stereocenters. The van der Waals surface area contributed by atoms with Crippen LogP contribution >= 0.6 is 23.2 Å². The van der Waals surface area contributed by atoms with E-state index in [9.17, 15) is 9.50 Å². The molecule has 0 saturated carbocycles. The summed E-state index contributed by atoms with van der Waals surface area (Å²) in [6.07, 6.45) is -1.22. The molecular formula is C19H17Cl2FN2O3. The first kappa shape index (κ1) is 19.5. The molecule has 27 heavy (non-hydrogen) atoms. The maximum absolute atomic E-state index is 14.6. The molecule has 8 heteroatoms. The highest BCUT2D eigenvalue weighted by atomic mass is 35.5. The second-order valence-corrected chi connectivity index (χ2v) is 6.60. The number of nitrogens with zero attached hydrogens (tertiary/aromatic N) is 2. The fourth-order valence-electron chi connectivity index (χ4n) is 2.95. The lowest BCUT2D eigenvalue weighted by Crippen LogP contribution is -2.05. The first-order chi connectivity index (χ1) is 12.9. The van der Waals surface area contributed by atoms with Gasteiger partial charge >= 0.3 is 0 Å². The molecule has 1 atom stereocenters. The van der Waals surface area contributed by atoms with Crippen molar-refractivity contribution in [1.82, 2.24) is 9.78 Å². The van der Waals surface area contributed by atoms with Gasteiger partial charge in [0.15, 0.2) is 0 Å². The molecule has 0 aliphatic carbocycles. The van der Waals surface area contributed by atoms with Gasteiger partial charge in [0.25, 0.3) is 0 Å². The third kappa shape index (κ3) is 3.48. The zero-order chi connectivity index (χ0) is 19.7. The molecule has 0 saturated heterocycles. The summed E-state index contributed by atoms with van der Waals surface area (Å²) in [5, 5.41) is 15.8. The van der Waals surface area contributed by atoms with Crippen LogP contribution in [0.25, 0.3) is 11.3 Å². The molecule has 3 aromatic rings. The first-order valence-corrected chi connectivity index (χ1v) is 8.71. The Bertz CT molecular complexity index is 971. The van der Waals surface area contributed by atoms with Crippen LogP contribution in [0, 0.1) is 5.82 Å². The smallest absolute Gasteiger partial charge is 0.239 e. The van der Waals surface area contributed by atoms with Crippen molar-refractivity contribution in [2.45, 2.75) is 6.10 Å². The van der Waals surface area contributed by atoms with E-state index in [2.05, 4.69) is 5.10 Å². The second kappa shape index (κ2) is 7.76. The molecule has 0 spiro atoms. The topological polar surface area (TPSA) is 56.5 Å². The van der Waals surface area contributed by atoms with Gasteiger partial charge in [0.1, 0.15) is 17.7 Å². The Balaban J connectivity index is 2.24. The molecule has 142 valence electrons. The standard InChI is InChI=1S/C19H17Cl2FN2O3/c1-24-17(15-12(20)5-4-6-14(15)22)16(19(23-24)27-3)18(25)11-8-7-10(26-2)9-13(11)21/h4-9,18,25H,1-3H3. The normalized spacial score (nSPS) is 12.1. The number of hydrogen-bond donors (Lipinski definition) is 1. The maximum atomic E-state index is 14.6. The maximum Gasteiger partial charge on any atom is 0.239 e. The van der Waals surface area contributed by atoms with E-state index in [-0.39, 0.29) is 22.0 Å². The zero-order valence-electron chi connectivity index (χ0n) is 14.8. The van der Waals surface area contributed by atoms with Gasteiger partial charge in [-0.3, -0.25) is 4.68 Å². The Labute approximate surface area is 165 Å². The van der Waals surface area contributed by atoms with Gasteiger partial charge in [-0.1, -0.05) is 35.3 Å². The molecular weight excluding hydrogens is 394 g/mol. The lowest BCUT2D eigenvalue weighted by Gasteiger charge is -2.17. The van der Waals surface area contributed by atoms with Gasteiger partial charge in [-0.2, -0.15) is 0 Å². The Kier molecular flexibility index (Phi) is 5.60. The minimum absolute atomic E-state index is 0.121. The van der Waals surface area contributed by atoms with E-state index in [1.54, 1.807) is 31.3 Å². The van der Waals surface area contributed by atoms with Gasteiger partial charge in [0.05, 0.1) is 41.1 Å². The van der Waals surface area contributed by atoms with Gasteiger partial charge < -0.3 is 14.6 Å². The number of hydrogen-bond acceptors (Lipinski definition) is 4. The summed E-state index contributed by atoms with van der Waals surface area (Å²) >= 11 is 12.5. The molecule has 0 bridgehead atoms. The van der Waals surface area contributed by atoms with Crippen LogP contribution in [-0.4, -0.2) is 29.1 Å². The summed E-state index contributed by atoms with van der Waals surface area (Å²) in [5.41, 5.74) is 1.09. The Morgan fingerprint density at radius 3 is 2.44 bits per heavy atom. The van der Waals surface area contributed by atoms with Gasteiger partial charge in [-0.05, 0) is 24.3 Å². The summed E-state index contributed by atoms with van der Waals surface area (Å²) in [6.45, 7) is 0. The van der Waals surface area contributed by atoms with E-state index >= 15 is 0 Å². The molecule has 0 fully saturated rings. The number of aliphatic hydroxyl groups is 1. The SMILES string of the molecule is COc1ccc(C(O)c2c(OC)nn(C)c2-c2c(F)cccc2Cl)c(Cl)c1. The minimum Gasteiger partial charge on any atom is -0.497 e. The summed E-state index contributed by atoms with van der Waals surface area (Å²) in [5.74, 6) is 0.153. The summed E-state index contributed by atoms with van der Waals surface area (Å²) in [7, 11) is 4.55. The lowest BCUT2D eigenvalue weighted by molar-refractivity contribution is 0.215. The molecule has 1 N–H and O–H groups in total.